The second-order valence-electron chi connectivity index (χ2n) is 5.74. The molecule has 2 aliphatic rings. The van der Waals surface area contributed by atoms with E-state index < -0.39 is 11.9 Å². The maximum absolute atomic E-state index is 14.1. The summed E-state index contributed by atoms with van der Waals surface area (Å²) in [4.78, 5) is 12.0. The Kier molecular flexibility index (Phi) is 4.90. The number of nitrogens with one attached hydrogen (secondary N) is 2. The van der Waals surface area contributed by atoms with Crippen LogP contribution in [-0.4, -0.2) is 37.8 Å². The molecule has 1 aliphatic heterocycles. The van der Waals surface area contributed by atoms with Gasteiger partial charge in [-0.1, -0.05) is 0 Å². The van der Waals surface area contributed by atoms with Crippen LogP contribution >= 0.6 is 0 Å². The van der Waals surface area contributed by atoms with Crippen LogP contribution in [0.25, 0.3) is 0 Å². The third-order valence-electron chi connectivity index (χ3n) is 4.03. The number of carbonyl (C=O) groups excluding carboxylic acids is 1. The molecule has 120 valence electrons. The lowest BCUT2D eigenvalue weighted by Crippen LogP contribution is -2.48. The van der Waals surface area contributed by atoms with E-state index in [2.05, 4.69) is 10.6 Å². The molecule has 1 saturated heterocycles. The van der Waals surface area contributed by atoms with E-state index in [0.717, 1.165) is 25.7 Å². The lowest BCUT2D eigenvalue weighted by molar-refractivity contribution is -0.120. The number of hydrogen-bond donors (Lipinski definition) is 2. The molecule has 22 heavy (non-hydrogen) atoms. The van der Waals surface area contributed by atoms with Crippen molar-refractivity contribution in [3.63, 3.8) is 0 Å². The number of amides is 1. The fourth-order valence-electron chi connectivity index (χ4n) is 2.82. The van der Waals surface area contributed by atoms with Crippen molar-refractivity contribution in [3.05, 3.63) is 24.0 Å². The first kappa shape index (κ1) is 15.2. The first-order valence-corrected chi connectivity index (χ1v) is 7.80. The average molecular weight is 308 g/mol. The standard InChI is InChI=1S/C16H21FN2O3/c17-13-9-11(19-16(20)14-10-21-8-7-18-14)5-6-15(13)22-12-3-1-2-4-12/h5-6,9,12,14,18H,1-4,7-8,10H2,(H,19,20). The molecule has 3 rings (SSSR count). The number of morpholine rings is 1. The van der Waals surface area contributed by atoms with Gasteiger partial charge in [-0.25, -0.2) is 4.39 Å². The second kappa shape index (κ2) is 7.07. The highest BCUT2D eigenvalue weighted by molar-refractivity contribution is 5.95. The monoisotopic (exact) mass is 308 g/mol. The first-order valence-electron chi connectivity index (χ1n) is 7.80. The van der Waals surface area contributed by atoms with Crippen LogP contribution in [0.15, 0.2) is 18.2 Å². The number of rotatable bonds is 4. The van der Waals surface area contributed by atoms with Crippen LogP contribution in [0.4, 0.5) is 10.1 Å². The quantitative estimate of drug-likeness (QED) is 0.894. The lowest BCUT2D eigenvalue weighted by atomic mass is 10.2. The molecule has 0 bridgehead atoms. The molecular formula is C16H21FN2O3. The summed E-state index contributed by atoms with van der Waals surface area (Å²) in [5.74, 6) is -0.412. The van der Waals surface area contributed by atoms with Gasteiger partial charge in [-0.3, -0.25) is 4.79 Å². The molecule has 1 heterocycles. The lowest BCUT2D eigenvalue weighted by Gasteiger charge is -2.23. The van der Waals surface area contributed by atoms with E-state index in [-0.39, 0.29) is 17.8 Å². The molecule has 1 atom stereocenters. The number of hydrogen-bond acceptors (Lipinski definition) is 4. The Morgan fingerprint density at radius 3 is 2.86 bits per heavy atom. The molecule has 0 radical (unpaired) electrons. The summed E-state index contributed by atoms with van der Waals surface area (Å²) in [5.41, 5.74) is 0.425. The molecule has 2 N–H and O–H groups in total. The minimum atomic E-state index is -0.447. The van der Waals surface area contributed by atoms with Crippen molar-refractivity contribution in [2.45, 2.75) is 37.8 Å². The van der Waals surface area contributed by atoms with Crippen LogP contribution in [0.1, 0.15) is 25.7 Å². The number of ether oxygens (including phenoxy) is 2. The van der Waals surface area contributed by atoms with Crippen molar-refractivity contribution < 1.29 is 18.7 Å². The molecule has 6 heteroatoms. The van der Waals surface area contributed by atoms with Crippen LogP contribution in [0.2, 0.25) is 0 Å². The van der Waals surface area contributed by atoms with Gasteiger partial charge in [-0.05, 0) is 37.8 Å². The van der Waals surface area contributed by atoms with Crippen molar-refractivity contribution >= 4 is 11.6 Å². The Hall–Kier alpha value is -1.66. The average Bonchev–Trinajstić information content (AvgIpc) is 3.04. The predicted octanol–water partition coefficient (Wildman–Crippen LogP) is 2.07. The fraction of sp³-hybridized carbons (Fsp3) is 0.562. The predicted molar refractivity (Wildman–Crippen MR) is 80.5 cm³/mol. The van der Waals surface area contributed by atoms with Gasteiger partial charge in [-0.15, -0.1) is 0 Å². The van der Waals surface area contributed by atoms with Crippen molar-refractivity contribution in [2.24, 2.45) is 0 Å². The summed E-state index contributed by atoms with van der Waals surface area (Å²) < 4.78 is 25.0. The van der Waals surface area contributed by atoms with E-state index in [9.17, 15) is 9.18 Å². The fourth-order valence-corrected chi connectivity index (χ4v) is 2.82. The smallest absolute Gasteiger partial charge is 0.243 e. The Labute approximate surface area is 129 Å². The van der Waals surface area contributed by atoms with Gasteiger partial charge in [0, 0.05) is 18.3 Å². The van der Waals surface area contributed by atoms with Crippen molar-refractivity contribution in [1.29, 1.82) is 0 Å². The first-order chi connectivity index (χ1) is 10.7. The van der Waals surface area contributed by atoms with E-state index in [1.807, 2.05) is 0 Å². The number of carbonyl (C=O) groups is 1. The maximum atomic E-state index is 14.1. The Balaban J connectivity index is 1.59. The normalized spacial score (nSPS) is 22.5. The van der Waals surface area contributed by atoms with Gasteiger partial charge < -0.3 is 20.1 Å². The topological polar surface area (TPSA) is 59.6 Å². The van der Waals surface area contributed by atoms with Gasteiger partial charge in [0.15, 0.2) is 11.6 Å². The summed E-state index contributed by atoms with van der Waals surface area (Å²) >= 11 is 0. The Morgan fingerprint density at radius 2 is 2.18 bits per heavy atom. The summed E-state index contributed by atoms with van der Waals surface area (Å²) in [7, 11) is 0. The van der Waals surface area contributed by atoms with Gasteiger partial charge >= 0.3 is 0 Å². The van der Waals surface area contributed by atoms with Gasteiger partial charge in [0.2, 0.25) is 5.91 Å². The highest BCUT2D eigenvalue weighted by atomic mass is 19.1. The molecule has 1 aromatic carbocycles. The summed E-state index contributed by atoms with van der Waals surface area (Å²) in [5, 5.41) is 5.75. The minimum Gasteiger partial charge on any atom is -0.487 e. The zero-order valence-electron chi connectivity index (χ0n) is 12.4. The Morgan fingerprint density at radius 1 is 1.36 bits per heavy atom. The zero-order chi connectivity index (χ0) is 15.4. The van der Waals surface area contributed by atoms with Crippen LogP contribution in [0.3, 0.4) is 0 Å². The highest BCUT2D eigenvalue weighted by Crippen LogP contribution is 2.27. The third-order valence-corrected chi connectivity index (χ3v) is 4.03. The number of benzene rings is 1. The minimum absolute atomic E-state index is 0.110. The van der Waals surface area contributed by atoms with Gasteiger partial charge in [-0.2, -0.15) is 0 Å². The van der Waals surface area contributed by atoms with E-state index in [1.165, 1.54) is 6.07 Å². The van der Waals surface area contributed by atoms with Crippen LogP contribution in [-0.2, 0) is 9.53 Å². The third kappa shape index (κ3) is 3.75. The molecule has 0 aromatic heterocycles. The van der Waals surface area contributed by atoms with Crippen LogP contribution in [0.5, 0.6) is 5.75 Å². The number of halogens is 1. The maximum Gasteiger partial charge on any atom is 0.243 e. The van der Waals surface area contributed by atoms with Gasteiger partial charge in [0.1, 0.15) is 6.04 Å². The molecule has 2 fully saturated rings. The largest absolute Gasteiger partial charge is 0.487 e. The molecule has 1 aromatic rings. The van der Waals surface area contributed by atoms with Crippen molar-refractivity contribution in [3.8, 4) is 5.75 Å². The van der Waals surface area contributed by atoms with Crippen LogP contribution < -0.4 is 15.4 Å². The SMILES string of the molecule is O=C(Nc1ccc(OC2CCCC2)c(F)c1)C1COCCN1. The molecule has 1 aliphatic carbocycles. The molecule has 1 saturated carbocycles. The summed E-state index contributed by atoms with van der Waals surface area (Å²) in [6.07, 6.45) is 4.34. The second-order valence-corrected chi connectivity index (χ2v) is 5.74. The highest BCUT2D eigenvalue weighted by Gasteiger charge is 2.22. The molecule has 5 nitrogen and oxygen atoms in total. The van der Waals surface area contributed by atoms with Gasteiger partial charge in [0.25, 0.3) is 0 Å². The van der Waals surface area contributed by atoms with E-state index in [1.54, 1.807) is 12.1 Å². The number of anilines is 1. The summed E-state index contributed by atoms with van der Waals surface area (Å²) in [6.45, 7) is 1.57. The Bertz CT molecular complexity index is 526. The molecular weight excluding hydrogens is 287 g/mol. The molecule has 0 spiro atoms. The van der Waals surface area contributed by atoms with E-state index in [4.69, 9.17) is 9.47 Å². The van der Waals surface area contributed by atoms with Crippen LogP contribution in [0, 0.1) is 5.82 Å². The van der Waals surface area contributed by atoms with Crippen molar-refractivity contribution in [1.82, 2.24) is 5.32 Å². The van der Waals surface area contributed by atoms with E-state index >= 15 is 0 Å². The van der Waals surface area contributed by atoms with Gasteiger partial charge in [0.05, 0.1) is 19.3 Å². The molecule has 1 unspecified atom stereocenters. The molecule has 1 amide bonds. The zero-order valence-corrected chi connectivity index (χ0v) is 12.4. The van der Waals surface area contributed by atoms with Crippen molar-refractivity contribution in [2.75, 3.05) is 25.1 Å². The summed E-state index contributed by atoms with van der Waals surface area (Å²) in [6, 6.07) is 4.14. The van der Waals surface area contributed by atoms with E-state index in [0.29, 0.717) is 25.4 Å².